The summed E-state index contributed by atoms with van der Waals surface area (Å²) in [6, 6.07) is 5.45. The molecule has 0 fully saturated rings. The van der Waals surface area contributed by atoms with Gasteiger partial charge in [0.05, 0.1) is 0 Å². The third kappa shape index (κ3) is 1.62. The number of ether oxygens (including phenoxy) is 2. The normalized spacial score (nSPS) is 13.0. The number of benzene rings is 1. The van der Waals surface area contributed by atoms with Crippen molar-refractivity contribution >= 4 is 23.4 Å². The van der Waals surface area contributed by atoms with E-state index in [0.29, 0.717) is 28.5 Å². The summed E-state index contributed by atoms with van der Waals surface area (Å²) in [5, 5.41) is 0. The third-order valence-electron chi connectivity index (χ3n) is 3.04. The Balaban J connectivity index is 1.92. The third-order valence-corrected chi connectivity index (χ3v) is 3.24. The van der Waals surface area contributed by atoms with Crippen LogP contribution in [-0.4, -0.2) is 26.7 Å². The molecule has 1 aromatic carbocycles. The lowest BCUT2D eigenvalue weighted by Crippen LogP contribution is -2.07. The van der Waals surface area contributed by atoms with Crippen LogP contribution in [0, 0.1) is 4.77 Å². The molecule has 3 heterocycles. The fourth-order valence-electron chi connectivity index (χ4n) is 2.11. The Hall–Kier alpha value is -2.61. The first kappa shape index (κ1) is 11.2. The number of rotatable bonds is 1. The van der Waals surface area contributed by atoms with E-state index in [-0.39, 0.29) is 17.1 Å². The second-order valence-electron chi connectivity index (χ2n) is 4.29. The Labute approximate surface area is 116 Å². The summed E-state index contributed by atoms with van der Waals surface area (Å²) in [7, 11) is 0. The van der Waals surface area contributed by atoms with Gasteiger partial charge in [0.15, 0.2) is 21.9 Å². The van der Waals surface area contributed by atoms with Gasteiger partial charge < -0.3 is 19.4 Å². The molecule has 4 rings (SSSR count). The first-order valence-electron chi connectivity index (χ1n) is 5.83. The van der Waals surface area contributed by atoms with Crippen LogP contribution in [0.3, 0.4) is 0 Å². The van der Waals surface area contributed by atoms with Crippen molar-refractivity contribution in [1.29, 1.82) is 0 Å². The lowest BCUT2D eigenvalue weighted by Gasteiger charge is -1.98. The summed E-state index contributed by atoms with van der Waals surface area (Å²) in [4.78, 5) is 24.4. The predicted molar refractivity (Wildman–Crippen MR) is 73.5 cm³/mol. The van der Waals surface area contributed by atoms with Gasteiger partial charge in [-0.3, -0.25) is 9.78 Å². The number of aromatic nitrogens is 4. The fraction of sp³-hybridized carbons (Fsp3) is 0.0833. The van der Waals surface area contributed by atoms with Crippen molar-refractivity contribution in [3.63, 3.8) is 0 Å². The smallest absolute Gasteiger partial charge is 0.277 e. The predicted octanol–water partition coefficient (Wildman–Crippen LogP) is 1.70. The van der Waals surface area contributed by atoms with Crippen molar-refractivity contribution in [1.82, 2.24) is 19.9 Å². The Morgan fingerprint density at radius 1 is 1.15 bits per heavy atom. The maximum Gasteiger partial charge on any atom is 0.277 e. The van der Waals surface area contributed by atoms with Crippen LogP contribution in [0.25, 0.3) is 22.6 Å². The average molecular weight is 288 g/mol. The molecule has 7 nitrogen and oxygen atoms in total. The molecule has 0 unspecified atom stereocenters. The highest BCUT2D eigenvalue weighted by Crippen LogP contribution is 2.35. The molecule has 2 aromatic heterocycles. The van der Waals surface area contributed by atoms with Gasteiger partial charge in [0.2, 0.25) is 6.79 Å². The minimum Gasteiger partial charge on any atom is -0.454 e. The molecule has 0 atom stereocenters. The lowest BCUT2D eigenvalue weighted by atomic mass is 10.2. The molecule has 8 heteroatoms. The van der Waals surface area contributed by atoms with Crippen molar-refractivity contribution in [2.45, 2.75) is 0 Å². The van der Waals surface area contributed by atoms with E-state index >= 15 is 0 Å². The maximum atomic E-state index is 11.8. The zero-order chi connectivity index (χ0) is 13.7. The molecule has 0 saturated carbocycles. The second-order valence-corrected chi connectivity index (χ2v) is 4.69. The van der Waals surface area contributed by atoms with Crippen molar-refractivity contribution in [2.75, 3.05) is 6.79 Å². The van der Waals surface area contributed by atoms with Gasteiger partial charge in [0.25, 0.3) is 5.56 Å². The van der Waals surface area contributed by atoms with Crippen LogP contribution in [-0.2, 0) is 0 Å². The van der Waals surface area contributed by atoms with E-state index in [1.807, 2.05) is 12.1 Å². The molecule has 3 N–H and O–H groups in total. The summed E-state index contributed by atoms with van der Waals surface area (Å²) >= 11 is 4.92. The SMILES string of the molecule is O=c1[nH]c(=S)[nH]c2nc(-c3ccc4c(c3)OCO4)[nH]c12. The van der Waals surface area contributed by atoms with Gasteiger partial charge in [-0.1, -0.05) is 0 Å². The van der Waals surface area contributed by atoms with Crippen LogP contribution in [0.15, 0.2) is 23.0 Å². The van der Waals surface area contributed by atoms with E-state index in [1.165, 1.54) is 0 Å². The molecule has 3 aromatic rings. The number of nitrogens with zero attached hydrogens (tertiary/aromatic N) is 1. The quantitative estimate of drug-likeness (QED) is 0.592. The van der Waals surface area contributed by atoms with Crippen molar-refractivity contribution in [3.8, 4) is 22.9 Å². The fourth-order valence-corrected chi connectivity index (χ4v) is 2.30. The minimum absolute atomic E-state index is 0.214. The Kier molecular flexibility index (Phi) is 2.21. The van der Waals surface area contributed by atoms with Crippen LogP contribution < -0.4 is 15.0 Å². The van der Waals surface area contributed by atoms with Crippen molar-refractivity contribution in [3.05, 3.63) is 33.3 Å². The molecule has 1 aliphatic heterocycles. The molecular weight excluding hydrogens is 280 g/mol. The van der Waals surface area contributed by atoms with E-state index in [9.17, 15) is 4.79 Å². The van der Waals surface area contributed by atoms with Crippen LogP contribution in [0.2, 0.25) is 0 Å². The number of hydrogen-bond acceptors (Lipinski definition) is 5. The molecule has 0 spiro atoms. The number of aromatic amines is 3. The number of H-pyrrole nitrogens is 3. The summed E-state index contributed by atoms with van der Waals surface area (Å²) in [6.07, 6.45) is 0. The van der Waals surface area contributed by atoms with Gasteiger partial charge in [0, 0.05) is 5.56 Å². The van der Waals surface area contributed by atoms with Crippen LogP contribution in [0.5, 0.6) is 11.5 Å². The molecule has 0 saturated heterocycles. The highest BCUT2D eigenvalue weighted by atomic mass is 32.1. The molecule has 20 heavy (non-hydrogen) atoms. The monoisotopic (exact) mass is 288 g/mol. The summed E-state index contributed by atoms with van der Waals surface area (Å²) < 4.78 is 10.8. The molecule has 0 bridgehead atoms. The van der Waals surface area contributed by atoms with Crippen LogP contribution >= 0.6 is 12.2 Å². The molecule has 1 aliphatic rings. The van der Waals surface area contributed by atoms with Gasteiger partial charge >= 0.3 is 0 Å². The highest BCUT2D eigenvalue weighted by Gasteiger charge is 2.16. The largest absolute Gasteiger partial charge is 0.454 e. The van der Waals surface area contributed by atoms with E-state index in [0.717, 1.165) is 5.56 Å². The van der Waals surface area contributed by atoms with Crippen LogP contribution in [0.1, 0.15) is 0 Å². The number of imidazole rings is 1. The van der Waals surface area contributed by atoms with Crippen LogP contribution in [0.4, 0.5) is 0 Å². The Morgan fingerprint density at radius 3 is 2.90 bits per heavy atom. The summed E-state index contributed by atoms with van der Waals surface area (Å²) in [6.45, 7) is 0.214. The summed E-state index contributed by atoms with van der Waals surface area (Å²) in [5.74, 6) is 1.91. The van der Waals surface area contributed by atoms with Gasteiger partial charge in [-0.05, 0) is 30.4 Å². The zero-order valence-electron chi connectivity index (χ0n) is 10.0. The van der Waals surface area contributed by atoms with Crippen molar-refractivity contribution in [2.24, 2.45) is 0 Å². The first-order valence-corrected chi connectivity index (χ1v) is 6.24. The number of hydrogen-bond donors (Lipinski definition) is 3. The Morgan fingerprint density at radius 2 is 2.00 bits per heavy atom. The minimum atomic E-state index is -0.303. The maximum absolute atomic E-state index is 11.8. The lowest BCUT2D eigenvalue weighted by molar-refractivity contribution is 0.174. The Bertz CT molecular complexity index is 940. The average Bonchev–Trinajstić information content (AvgIpc) is 3.03. The summed E-state index contributed by atoms with van der Waals surface area (Å²) in [5.41, 5.74) is 1.27. The van der Waals surface area contributed by atoms with E-state index < -0.39 is 0 Å². The van der Waals surface area contributed by atoms with Crippen molar-refractivity contribution < 1.29 is 9.47 Å². The van der Waals surface area contributed by atoms with Gasteiger partial charge in [-0.15, -0.1) is 0 Å². The number of nitrogens with one attached hydrogen (secondary N) is 3. The number of fused-ring (bicyclic) bond motifs is 2. The second kappa shape index (κ2) is 3.94. The first-order chi connectivity index (χ1) is 9.70. The highest BCUT2D eigenvalue weighted by molar-refractivity contribution is 7.71. The standard InChI is InChI=1S/C12H8N4O3S/c17-11-8-10(15-12(20)16-11)14-9(13-8)5-1-2-6-7(3-5)19-4-18-6/h1-3H,4H2,(H3,13,14,15,16,17,20). The van der Waals surface area contributed by atoms with E-state index in [4.69, 9.17) is 21.7 Å². The molecular formula is C12H8N4O3S. The topological polar surface area (TPSA) is 95.8 Å². The molecule has 0 amide bonds. The van der Waals surface area contributed by atoms with Gasteiger partial charge in [-0.2, -0.15) is 0 Å². The van der Waals surface area contributed by atoms with Gasteiger partial charge in [-0.25, -0.2) is 4.98 Å². The zero-order valence-corrected chi connectivity index (χ0v) is 10.8. The van der Waals surface area contributed by atoms with E-state index in [1.54, 1.807) is 6.07 Å². The molecule has 0 radical (unpaired) electrons. The van der Waals surface area contributed by atoms with Gasteiger partial charge in [0.1, 0.15) is 11.3 Å². The molecule has 100 valence electrons. The van der Waals surface area contributed by atoms with E-state index in [2.05, 4.69) is 19.9 Å². The molecule has 0 aliphatic carbocycles.